The Morgan fingerprint density at radius 1 is 0.857 bits per heavy atom. The maximum Gasteiger partial charge on any atom is -0.0349 e. The Labute approximate surface area is 135 Å². The van der Waals surface area contributed by atoms with Gasteiger partial charge >= 0.3 is 0 Å². The third kappa shape index (κ3) is 6.33. The van der Waals surface area contributed by atoms with Gasteiger partial charge in [-0.25, -0.2) is 0 Å². The van der Waals surface area contributed by atoms with Crippen LogP contribution in [0.5, 0.6) is 0 Å². The fourth-order valence-corrected chi connectivity index (χ4v) is 4.44. The monoisotopic (exact) mass is 294 g/mol. The van der Waals surface area contributed by atoms with Crippen LogP contribution in [0, 0.1) is 41.4 Å². The third-order valence-corrected chi connectivity index (χ3v) is 6.03. The van der Waals surface area contributed by atoms with Gasteiger partial charge in [0.1, 0.15) is 0 Å². The highest BCUT2D eigenvalue weighted by atomic mass is 14.5. The van der Waals surface area contributed by atoms with Gasteiger partial charge in [0.15, 0.2) is 0 Å². The van der Waals surface area contributed by atoms with Crippen molar-refractivity contribution >= 4 is 0 Å². The highest BCUT2D eigenvalue weighted by Crippen LogP contribution is 2.54. The van der Waals surface area contributed by atoms with Crippen molar-refractivity contribution in [1.82, 2.24) is 0 Å². The molecule has 0 heteroatoms. The van der Waals surface area contributed by atoms with Gasteiger partial charge in [-0.15, -0.1) is 0 Å². The van der Waals surface area contributed by atoms with E-state index in [0.717, 1.165) is 41.4 Å². The van der Waals surface area contributed by atoms with Gasteiger partial charge in [-0.2, -0.15) is 0 Å². The Kier molecular flexibility index (Phi) is 8.35. The van der Waals surface area contributed by atoms with Gasteiger partial charge in [0.2, 0.25) is 0 Å². The molecule has 0 amide bonds. The van der Waals surface area contributed by atoms with Crippen molar-refractivity contribution in [2.45, 2.75) is 93.4 Å². The lowest BCUT2D eigenvalue weighted by Crippen LogP contribution is -2.21. The van der Waals surface area contributed by atoms with Gasteiger partial charge in [0.05, 0.1) is 0 Å². The summed E-state index contributed by atoms with van der Waals surface area (Å²) in [4.78, 5) is 0. The van der Waals surface area contributed by atoms with Crippen LogP contribution < -0.4 is 0 Å². The van der Waals surface area contributed by atoms with Crippen LogP contribution in [-0.4, -0.2) is 0 Å². The Morgan fingerprint density at radius 3 is 1.95 bits per heavy atom. The van der Waals surface area contributed by atoms with E-state index in [1.807, 2.05) is 0 Å². The summed E-state index contributed by atoms with van der Waals surface area (Å²) in [7, 11) is 0. The Bertz CT molecular complexity index is 265. The summed E-state index contributed by atoms with van der Waals surface area (Å²) < 4.78 is 0. The SMILES string of the molecule is CCCC(C(CCC(C)CC)CC(C)C)C1CC1C(C)C. The van der Waals surface area contributed by atoms with Crippen molar-refractivity contribution in [1.29, 1.82) is 0 Å². The minimum absolute atomic E-state index is 0.863. The van der Waals surface area contributed by atoms with Crippen LogP contribution in [-0.2, 0) is 0 Å². The largest absolute Gasteiger partial charge is 0.0654 e. The molecule has 0 heterocycles. The van der Waals surface area contributed by atoms with Gasteiger partial charge < -0.3 is 0 Å². The van der Waals surface area contributed by atoms with Crippen LogP contribution >= 0.6 is 0 Å². The Morgan fingerprint density at radius 2 is 1.52 bits per heavy atom. The molecular weight excluding hydrogens is 252 g/mol. The third-order valence-electron chi connectivity index (χ3n) is 6.03. The zero-order valence-electron chi connectivity index (χ0n) is 16.0. The zero-order valence-corrected chi connectivity index (χ0v) is 16.0. The Balaban J connectivity index is 2.66. The van der Waals surface area contributed by atoms with Crippen LogP contribution in [0.15, 0.2) is 0 Å². The molecule has 5 atom stereocenters. The van der Waals surface area contributed by atoms with Crippen LogP contribution in [0.3, 0.4) is 0 Å². The summed E-state index contributed by atoms with van der Waals surface area (Å²) in [5, 5.41) is 0. The van der Waals surface area contributed by atoms with Crippen LogP contribution in [0.4, 0.5) is 0 Å². The van der Waals surface area contributed by atoms with Gasteiger partial charge in [-0.3, -0.25) is 0 Å². The number of hydrogen-bond acceptors (Lipinski definition) is 0. The smallest absolute Gasteiger partial charge is 0.0349 e. The molecule has 126 valence electrons. The lowest BCUT2D eigenvalue weighted by atomic mass is 9.75. The van der Waals surface area contributed by atoms with Crippen LogP contribution in [0.25, 0.3) is 0 Å². The fourth-order valence-electron chi connectivity index (χ4n) is 4.44. The first-order valence-corrected chi connectivity index (χ1v) is 9.90. The van der Waals surface area contributed by atoms with Crippen molar-refractivity contribution in [3.05, 3.63) is 0 Å². The molecule has 1 aliphatic carbocycles. The highest BCUT2D eigenvalue weighted by Gasteiger charge is 2.46. The van der Waals surface area contributed by atoms with Gasteiger partial charge in [-0.05, 0) is 60.7 Å². The lowest BCUT2D eigenvalue weighted by molar-refractivity contribution is 0.198. The second-order valence-corrected chi connectivity index (χ2v) is 8.74. The van der Waals surface area contributed by atoms with Crippen molar-refractivity contribution in [2.24, 2.45) is 41.4 Å². The summed E-state index contributed by atoms with van der Waals surface area (Å²) in [5.41, 5.74) is 0. The van der Waals surface area contributed by atoms with Crippen molar-refractivity contribution in [3.8, 4) is 0 Å². The van der Waals surface area contributed by atoms with Crippen molar-refractivity contribution in [3.63, 3.8) is 0 Å². The van der Waals surface area contributed by atoms with E-state index in [2.05, 4.69) is 48.5 Å². The summed E-state index contributed by atoms with van der Waals surface area (Å²) in [6.07, 6.45) is 10.1. The molecule has 21 heavy (non-hydrogen) atoms. The van der Waals surface area contributed by atoms with E-state index in [0.29, 0.717) is 0 Å². The molecule has 0 saturated heterocycles. The normalized spacial score (nSPS) is 26.1. The highest BCUT2D eigenvalue weighted by molar-refractivity contribution is 4.95. The topological polar surface area (TPSA) is 0 Å². The second kappa shape index (κ2) is 9.21. The molecule has 5 unspecified atom stereocenters. The fraction of sp³-hybridized carbons (Fsp3) is 1.00. The average Bonchev–Trinajstić information content (AvgIpc) is 3.20. The van der Waals surface area contributed by atoms with Crippen molar-refractivity contribution < 1.29 is 0 Å². The molecule has 0 aromatic heterocycles. The molecule has 0 aromatic carbocycles. The predicted octanol–water partition coefficient (Wildman–Crippen LogP) is 7.18. The minimum atomic E-state index is 0.863. The molecule has 0 bridgehead atoms. The predicted molar refractivity (Wildman–Crippen MR) is 96.5 cm³/mol. The van der Waals surface area contributed by atoms with E-state index in [4.69, 9.17) is 0 Å². The molecule has 0 spiro atoms. The number of rotatable bonds is 11. The second-order valence-electron chi connectivity index (χ2n) is 8.74. The Hall–Kier alpha value is 0. The summed E-state index contributed by atoms with van der Waals surface area (Å²) in [6.45, 7) is 16.9. The maximum absolute atomic E-state index is 2.44. The van der Waals surface area contributed by atoms with E-state index >= 15 is 0 Å². The quantitative estimate of drug-likeness (QED) is 0.378. The molecule has 1 saturated carbocycles. The lowest BCUT2D eigenvalue weighted by Gasteiger charge is -2.30. The first kappa shape index (κ1) is 19.0. The molecule has 0 aliphatic heterocycles. The molecule has 1 rings (SSSR count). The number of hydrogen-bond donors (Lipinski definition) is 0. The first-order valence-electron chi connectivity index (χ1n) is 9.90. The van der Waals surface area contributed by atoms with E-state index in [1.165, 1.54) is 44.9 Å². The summed E-state index contributed by atoms with van der Waals surface area (Å²) >= 11 is 0. The van der Waals surface area contributed by atoms with Crippen LogP contribution in [0.2, 0.25) is 0 Å². The van der Waals surface area contributed by atoms with E-state index < -0.39 is 0 Å². The summed E-state index contributed by atoms with van der Waals surface area (Å²) in [6, 6.07) is 0. The molecule has 1 fully saturated rings. The molecule has 0 aromatic rings. The molecule has 0 nitrogen and oxygen atoms in total. The molecule has 0 radical (unpaired) electrons. The molecular formula is C21H42. The first-order chi connectivity index (χ1) is 9.90. The van der Waals surface area contributed by atoms with Crippen LogP contribution in [0.1, 0.15) is 93.4 Å². The van der Waals surface area contributed by atoms with Gasteiger partial charge in [0, 0.05) is 0 Å². The molecule has 1 aliphatic rings. The van der Waals surface area contributed by atoms with Gasteiger partial charge in [0.25, 0.3) is 0 Å². The van der Waals surface area contributed by atoms with Gasteiger partial charge in [-0.1, -0.05) is 74.1 Å². The minimum Gasteiger partial charge on any atom is -0.0654 e. The zero-order chi connectivity index (χ0) is 16.0. The average molecular weight is 295 g/mol. The summed E-state index contributed by atoms with van der Waals surface area (Å²) in [5.74, 6) is 6.81. The van der Waals surface area contributed by atoms with E-state index in [-0.39, 0.29) is 0 Å². The standard InChI is InChI=1S/C21H42/c1-8-10-19(21-14-20(21)16(5)6)18(13-15(3)4)12-11-17(7)9-2/h15-21H,8-14H2,1-7H3. The molecule has 0 N–H and O–H groups in total. The van der Waals surface area contributed by atoms with E-state index in [1.54, 1.807) is 0 Å². The maximum atomic E-state index is 2.44. The van der Waals surface area contributed by atoms with E-state index in [9.17, 15) is 0 Å². The van der Waals surface area contributed by atoms with Crippen molar-refractivity contribution in [2.75, 3.05) is 0 Å².